The van der Waals surface area contributed by atoms with E-state index < -0.39 is 0 Å². The molecule has 0 fully saturated rings. The van der Waals surface area contributed by atoms with E-state index in [2.05, 4.69) is 27.8 Å². The molecule has 0 unspecified atom stereocenters. The van der Waals surface area contributed by atoms with Gasteiger partial charge in [-0.05, 0) is 66.6 Å². The first-order valence-corrected chi connectivity index (χ1v) is 14.5. The Morgan fingerprint density at radius 1 is 1.00 bits per heavy atom. The number of halogens is 2. The fourth-order valence-corrected chi connectivity index (χ4v) is 5.08. The average Bonchev–Trinajstić information content (AvgIpc) is 3.47. The Morgan fingerprint density at radius 3 is 2.45 bits per heavy atom. The number of hydrogen-bond donors (Lipinski definition) is 2. The van der Waals surface area contributed by atoms with Gasteiger partial charge in [-0.1, -0.05) is 65.2 Å². The third-order valence-electron chi connectivity index (χ3n) is 6.18. The second-order valence-electron chi connectivity index (χ2n) is 9.25. The van der Waals surface area contributed by atoms with Crippen LogP contribution >= 0.6 is 34.5 Å². The molecule has 5 rings (SSSR count). The minimum absolute atomic E-state index is 0.295. The molecular weight excluding hydrogens is 591 g/mol. The van der Waals surface area contributed by atoms with Crippen LogP contribution in [0.25, 0.3) is 11.3 Å². The zero-order chi connectivity index (χ0) is 29.5. The quantitative estimate of drug-likeness (QED) is 0.121. The molecule has 4 aromatic carbocycles. The lowest BCUT2D eigenvalue weighted by Crippen LogP contribution is -2.17. The van der Waals surface area contributed by atoms with Crippen molar-refractivity contribution in [2.75, 3.05) is 12.4 Å². The molecule has 212 valence electrons. The average molecular weight is 618 g/mol. The first kappa shape index (κ1) is 29.1. The number of nitrogens with zero attached hydrogens (tertiary/aromatic N) is 2. The molecule has 7 nitrogen and oxygen atoms in total. The topological polar surface area (TPSA) is 84.8 Å². The summed E-state index contributed by atoms with van der Waals surface area (Å²) in [4.78, 5) is 17.3. The number of nitrogens with one attached hydrogen (secondary N) is 2. The van der Waals surface area contributed by atoms with Gasteiger partial charge in [0.1, 0.15) is 6.61 Å². The normalized spacial score (nSPS) is 11.0. The molecule has 2 N–H and O–H groups in total. The number of ether oxygens (including phenoxy) is 2. The van der Waals surface area contributed by atoms with Crippen molar-refractivity contribution in [1.82, 2.24) is 10.4 Å². The predicted octanol–water partition coefficient (Wildman–Crippen LogP) is 8.52. The molecule has 0 aliphatic rings. The van der Waals surface area contributed by atoms with Gasteiger partial charge in [-0.2, -0.15) is 5.10 Å². The summed E-state index contributed by atoms with van der Waals surface area (Å²) in [5.41, 5.74) is 8.48. The van der Waals surface area contributed by atoms with E-state index in [1.807, 2.05) is 53.9 Å². The van der Waals surface area contributed by atoms with E-state index in [9.17, 15) is 4.79 Å². The number of hydrazone groups is 1. The van der Waals surface area contributed by atoms with Crippen molar-refractivity contribution in [3.63, 3.8) is 0 Å². The number of aryl methyl sites for hydroxylation is 1. The van der Waals surface area contributed by atoms with Gasteiger partial charge in [-0.15, -0.1) is 11.3 Å². The SMILES string of the molecule is COc1cc(/C=N\NC(=O)c2ccc(-c3csc(Nc4ccc(C)cc4)n3)cc2)cc(Cl)c1OCc1ccc(Cl)cc1. The van der Waals surface area contributed by atoms with Crippen molar-refractivity contribution in [3.05, 3.63) is 123 Å². The van der Waals surface area contributed by atoms with E-state index in [1.165, 1.54) is 30.2 Å². The van der Waals surface area contributed by atoms with E-state index in [0.717, 1.165) is 27.6 Å². The lowest BCUT2D eigenvalue weighted by Gasteiger charge is -2.13. The lowest BCUT2D eigenvalue weighted by molar-refractivity contribution is 0.0955. The van der Waals surface area contributed by atoms with Crippen molar-refractivity contribution >= 4 is 57.5 Å². The molecule has 42 heavy (non-hydrogen) atoms. The van der Waals surface area contributed by atoms with Crippen molar-refractivity contribution in [2.24, 2.45) is 5.10 Å². The minimum Gasteiger partial charge on any atom is -0.493 e. The molecule has 0 saturated heterocycles. The monoisotopic (exact) mass is 616 g/mol. The Labute approximate surface area is 257 Å². The number of methoxy groups -OCH3 is 1. The highest BCUT2D eigenvalue weighted by atomic mass is 35.5. The van der Waals surface area contributed by atoms with Gasteiger partial charge < -0.3 is 14.8 Å². The number of benzene rings is 4. The van der Waals surface area contributed by atoms with Crippen molar-refractivity contribution in [3.8, 4) is 22.8 Å². The fourth-order valence-electron chi connectivity index (χ4n) is 3.94. The molecule has 0 bridgehead atoms. The molecule has 0 aliphatic heterocycles. The Balaban J connectivity index is 1.18. The molecular formula is C32H26Cl2N4O3S. The lowest BCUT2D eigenvalue weighted by atomic mass is 10.1. The maximum atomic E-state index is 12.7. The predicted molar refractivity (Wildman–Crippen MR) is 171 cm³/mol. The smallest absolute Gasteiger partial charge is 0.271 e. The first-order chi connectivity index (χ1) is 20.4. The van der Waals surface area contributed by atoms with Crippen LogP contribution in [0.2, 0.25) is 10.0 Å². The van der Waals surface area contributed by atoms with Gasteiger partial charge in [0.05, 0.1) is 24.0 Å². The third-order valence-corrected chi connectivity index (χ3v) is 7.47. The summed E-state index contributed by atoms with van der Waals surface area (Å²) in [6.07, 6.45) is 1.49. The number of rotatable bonds is 10. The molecule has 1 aromatic heterocycles. The van der Waals surface area contributed by atoms with E-state index >= 15 is 0 Å². The number of amides is 1. The molecule has 10 heteroatoms. The third kappa shape index (κ3) is 7.47. The van der Waals surface area contributed by atoms with Crippen LogP contribution in [-0.4, -0.2) is 24.2 Å². The first-order valence-electron chi connectivity index (χ1n) is 12.9. The van der Waals surface area contributed by atoms with Crippen LogP contribution in [0.1, 0.15) is 27.0 Å². The van der Waals surface area contributed by atoms with Crippen LogP contribution in [0.4, 0.5) is 10.8 Å². The zero-order valence-corrected chi connectivity index (χ0v) is 25.1. The van der Waals surface area contributed by atoms with E-state index in [4.69, 9.17) is 32.7 Å². The van der Waals surface area contributed by atoms with Gasteiger partial charge in [0, 0.05) is 27.2 Å². The van der Waals surface area contributed by atoms with Crippen LogP contribution in [0.5, 0.6) is 11.5 Å². The Bertz CT molecular complexity index is 1700. The van der Waals surface area contributed by atoms with Gasteiger partial charge in [-0.25, -0.2) is 10.4 Å². The molecule has 0 aliphatic carbocycles. The van der Waals surface area contributed by atoms with Gasteiger partial charge >= 0.3 is 0 Å². The van der Waals surface area contributed by atoms with Crippen LogP contribution < -0.4 is 20.2 Å². The molecule has 1 heterocycles. The van der Waals surface area contributed by atoms with Crippen molar-refractivity contribution in [2.45, 2.75) is 13.5 Å². The Kier molecular flexibility index (Phi) is 9.38. The largest absolute Gasteiger partial charge is 0.493 e. The van der Waals surface area contributed by atoms with Crippen molar-refractivity contribution < 1.29 is 14.3 Å². The maximum Gasteiger partial charge on any atom is 0.271 e. The number of anilines is 2. The maximum absolute atomic E-state index is 12.7. The highest BCUT2D eigenvalue weighted by Crippen LogP contribution is 2.36. The molecule has 1 amide bonds. The van der Waals surface area contributed by atoms with Crippen LogP contribution in [0, 0.1) is 6.92 Å². The van der Waals surface area contributed by atoms with Crippen LogP contribution in [0.15, 0.2) is 95.4 Å². The number of aromatic nitrogens is 1. The van der Waals surface area contributed by atoms with E-state index in [1.54, 1.807) is 36.4 Å². The summed E-state index contributed by atoms with van der Waals surface area (Å²) >= 11 is 13.9. The van der Waals surface area contributed by atoms with Crippen LogP contribution in [-0.2, 0) is 6.61 Å². The Hall–Kier alpha value is -4.37. The Morgan fingerprint density at radius 2 is 1.74 bits per heavy atom. The van der Waals surface area contributed by atoms with Crippen molar-refractivity contribution in [1.29, 1.82) is 0 Å². The summed E-state index contributed by atoms with van der Waals surface area (Å²) in [5, 5.41) is 11.2. The van der Waals surface area contributed by atoms with E-state index in [0.29, 0.717) is 39.3 Å². The highest BCUT2D eigenvalue weighted by Gasteiger charge is 2.13. The standard InChI is InChI=1S/C32H26Cl2N4O3S/c1-20-3-13-26(14-4-20)36-32-37-28(19-42-32)23-7-9-24(10-8-23)31(39)38-35-17-22-15-27(34)30(29(16-22)40-2)41-18-21-5-11-25(33)12-6-21/h3-17,19H,18H2,1-2H3,(H,36,37)(H,38,39)/b35-17-. The molecule has 0 atom stereocenters. The fraction of sp³-hybridized carbons (Fsp3) is 0.0938. The highest BCUT2D eigenvalue weighted by molar-refractivity contribution is 7.14. The van der Waals surface area contributed by atoms with Crippen LogP contribution in [0.3, 0.4) is 0 Å². The second-order valence-corrected chi connectivity index (χ2v) is 11.0. The zero-order valence-electron chi connectivity index (χ0n) is 22.7. The summed E-state index contributed by atoms with van der Waals surface area (Å²) < 4.78 is 11.4. The summed E-state index contributed by atoms with van der Waals surface area (Å²) in [5.74, 6) is 0.506. The summed E-state index contributed by atoms with van der Waals surface area (Å²) in [7, 11) is 1.53. The second kappa shape index (κ2) is 13.5. The number of thiazole rings is 1. The number of carbonyl (C=O) groups excluding carboxylic acids is 1. The van der Waals surface area contributed by atoms with Gasteiger partial charge in [0.25, 0.3) is 5.91 Å². The number of hydrogen-bond acceptors (Lipinski definition) is 7. The molecule has 5 aromatic rings. The van der Waals surface area contributed by atoms with Gasteiger partial charge in [0.2, 0.25) is 0 Å². The number of carbonyl (C=O) groups is 1. The summed E-state index contributed by atoms with van der Waals surface area (Å²) in [6.45, 7) is 2.35. The van der Waals surface area contributed by atoms with Gasteiger partial charge in [0.15, 0.2) is 16.6 Å². The summed E-state index contributed by atoms with van der Waals surface area (Å²) in [6, 6.07) is 26.1. The molecule has 0 radical (unpaired) electrons. The molecule has 0 spiro atoms. The minimum atomic E-state index is -0.348. The van der Waals surface area contributed by atoms with Gasteiger partial charge in [-0.3, -0.25) is 4.79 Å². The molecule has 0 saturated carbocycles. The van der Waals surface area contributed by atoms with E-state index in [-0.39, 0.29) is 5.91 Å².